The number of hydrogen-bond acceptors (Lipinski definition) is 5. The van der Waals surface area contributed by atoms with Crippen molar-refractivity contribution in [3.05, 3.63) is 141 Å². The fourth-order valence-electron chi connectivity index (χ4n) is 5.33. The van der Waals surface area contributed by atoms with Crippen LogP contribution in [0.5, 0.6) is 0 Å². The van der Waals surface area contributed by atoms with E-state index in [1.165, 1.54) is 0 Å². The summed E-state index contributed by atoms with van der Waals surface area (Å²) >= 11 is 12.8. The molecule has 0 amide bonds. The Bertz CT molecular complexity index is 1340. The molecule has 0 radical (unpaired) electrons. The van der Waals surface area contributed by atoms with Crippen molar-refractivity contribution in [3.8, 4) is 0 Å². The molecule has 1 saturated heterocycles. The number of hydrogen-bond donors (Lipinski definition) is 0. The second-order valence-corrected chi connectivity index (χ2v) is 11.5. The Labute approximate surface area is 257 Å². The molecule has 0 unspecified atom stereocenters. The smallest absolute Gasteiger partial charge is 0.166 e. The molecule has 0 N–H and O–H groups in total. The van der Waals surface area contributed by atoms with Gasteiger partial charge >= 0.3 is 0 Å². The lowest BCUT2D eigenvalue weighted by Crippen LogP contribution is -2.40. The summed E-state index contributed by atoms with van der Waals surface area (Å²) in [5.41, 5.74) is 2.57. The van der Waals surface area contributed by atoms with Gasteiger partial charge < -0.3 is 18.9 Å². The quantitative estimate of drug-likeness (QED) is 0.153. The summed E-state index contributed by atoms with van der Waals surface area (Å²) in [5.74, 6) is -0.985. The average Bonchev–Trinajstić information content (AvgIpc) is 3.37. The molecule has 1 aliphatic heterocycles. The van der Waals surface area contributed by atoms with Gasteiger partial charge in [-0.2, -0.15) is 0 Å². The number of ketones is 1. The van der Waals surface area contributed by atoms with E-state index >= 15 is 0 Å². The normalized spacial score (nSPS) is 17.2. The molecular weight excluding hydrogens is 571 g/mol. The van der Waals surface area contributed by atoms with E-state index in [0.29, 0.717) is 15.6 Å². The molecule has 5 nitrogen and oxygen atoms in total. The van der Waals surface area contributed by atoms with Crippen molar-refractivity contribution in [1.29, 1.82) is 0 Å². The third kappa shape index (κ3) is 6.78. The summed E-state index contributed by atoms with van der Waals surface area (Å²) in [4.78, 5) is 13.8. The molecule has 0 saturated carbocycles. The minimum atomic E-state index is -0.930. The summed E-state index contributed by atoms with van der Waals surface area (Å²) < 4.78 is 24.8. The Balaban J connectivity index is 1.41. The van der Waals surface area contributed by atoms with E-state index in [1.54, 1.807) is 18.2 Å². The van der Waals surface area contributed by atoms with Crippen LogP contribution < -0.4 is 0 Å². The summed E-state index contributed by atoms with van der Waals surface area (Å²) in [6.45, 7) is 4.05. The van der Waals surface area contributed by atoms with Gasteiger partial charge in [-0.1, -0.05) is 120 Å². The Kier molecular flexibility index (Phi) is 9.79. The first-order chi connectivity index (χ1) is 20.3. The average molecular weight is 606 g/mol. The van der Waals surface area contributed by atoms with Crippen molar-refractivity contribution in [2.75, 3.05) is 13.2 Å². The number of ether oxygens (including phenoxy) is 4. The third-order valence-electron chi connectivity index (χ3n) is 7.36. The number of carbonyl (C=O) groups is 1. The van der Waals surface area contributed by atoms with Gasteiger partial charge in [0.2, 0.25) is 0 Å². The highest BCUT2D eigenvalue weighted by Gasteiger charge is 2.42. The lowest BCUT2D eigenvalue weighted by molar-refractivity contribution is -0.165. The van der Waals surface area contributed by atoms with Crippen molar-refractivity contribution < 1.29 is 23.7 Å². The number of Topliss-reactive ketones (excluding diaryl/α,β-unsaturated/α-hetero) is 1. The van der Waals surface area contributed by atoms with Gasteiger partial charge in [0, 0.05) is 22.0 Å². The van der Waals surface area contributed by atoms with Crippen molar-refractivity contribution in [1.82, 2.24) is 0 Å². The van der Waals surface area contributed by atoms with Crippen LogP contribution in [-0.4, -0.2) is 37.0 Å². The van der Waals surface area contributed by atoms with Gasteiger partial charge in [-0.25, -0.2) is 0 Å². The van der Waals surface area contributed by atoms with E-state index in [4.69, 9.17) is 42.1 Å². The van der Waals surface area contributed by atoms with Crippen molar-refractivity contribution in [3.63, 3.8) is 0 Å². The number of benzene rings is 4. The fourth-order valence-corrected chi connectivity index (χ4v) is 5.84. The standard InChI is InChI=1S/C35H34Cl2O5/c1-34(2)41-24-32(42-34)33(39-23-28-29(36)19-12-20-30(28)37)31(38)21-22-40-35(25-13-6-3-7-14-25,26-15-8-4-9-16-26)27-17-10-5-11-18-27/h3-20,32-33H,21-24H2,1-2H3/t32-,33+/m1/s1. The first-order valence-corrected chi connectivity index (χ1v) is 14.8. The molecule has 1 aliphatic rings. The van der Waals surface area contributed by atoms with E-state index < -0.39 is 23.6 Å². The molecule has 4 aromatic carbocycles. The van der Waals surface area contributed by atoms with Gasteiger partial charge in [0.05, 0.1) is 19.8 Å². The van der Waals surface area contributed by atoms with E-state index in [-0.39, 0.29) is 32.0 Å². The van der Waals surface area contributed by atoms with E-state index in [2.05, 4.69) is 0 Å². The highest BCUT2D eigenvalue weighted by Crippen LogP contribution is 2.40. The first kappa shape index (κ1) is 30.4. The van der Waals surface area contributed by atoms with Gasteiger partial charge in [0.15, 0.2) is 11.6 Å². The molecule has 5 rings (SSSR count). The largest absolute Gasteiger partial charge is 0.363 e. The molecule has 2 atom stereocenters. The van der Waals surface area contributed by atoms with Crippen LogP contribution in [0.1, 0.15) is 42.5 Å². The van der Waals surface area contributed by atoms with Crippen LogP contribution in [0.3, 0.4) is 0 Å². The summed E-state index contributed by atoms with van der Waals surface area (Å²) in [7, 11) is 0. The molecule has 42 heavy (non-hydrogen) atoms. The topological polar surface area (TPSA) is 54.0 Å². The predicted molar refractivity (Wildman–Crippen MR) is 165 cm³/mol. The lowest BCUT2D eigenvalue weighted by atomic mass is 9.80. The van der Waals surface area contributed by atoms with Gasteiger partial charge in [-0.3, -0.25) is 4.79 Å². The lowest BCUT2D eigenvalue weighted by Gasteiger charge is -2.36. The minimum absolute atomic E-state index is 0.0536. The summed E-state index contributed by atoms with van der Waals surface area (Å²) in [5, 5.41) is 0.943. The Morgan fingerprint density at radius 3 is 1.79 bits per heavy atom. The van der Waals surface area contributed by atoms with E-state index in [1.807, 2.05) is 105 Å². The molecule has 4 aromatic rings. The van der Waals surface area contributed by atoms with E-state index in [9.17, 15) is 4.79 Å². The molecule has 0 aromatic heterocycles. The molecule has 7 heteroatoms. The maximum absolute atomic E-state index is 13.8. The van der Waals surface area contributed by atoms with Crippen LogP contribution in [0.2, 0.25) is 10.0 Å². The van der Waals surface area contributed by atoms with Crippen molar-refractivity contribution >= 4 is 29.0 Å². The molecular formula is C35H34Cl2O5. The molecule has 1 heterocycles. The van der Waals surface area contributed by atoms with Crippen LogP contribution in [-0.2, 0) is 35.9 Å². The SMILES string of the molecule is CC1(C)OC[C@H]([C@@H](OCc2c(Cl)cccc2Cl)C(=O)CCOC(c2ccccc2)(c2ccccc2)c2ccccc2)O1. The summed E-state index contributed by atoms with van der Waals surface area (Å²) in [6, 6.07) is 35.4. The van der Waals surface area contributed by atoms with Crippen molar-refractivity contribution in [2.45, 2.75) is 50.5 Å². The number of halogens is 2. The van der Waals surface area contributed by atoms with Crippen molar-refractivity contribution in [2.24, 2.45) is 0 Å². The highest BCUT2D eigenvalue weighted by atomic mass is 35.5. The highest BCUT2D eigenvalue weighted by molar-refractivity contribution is 6.35. The molecule has 0 spiro atoms. The maximum Gasteiger partial charge on any atom is 0.166 e. The zero-order valence-electron chi connectivity index (χ0n) is 23.7. The fraction of sp³-hybridized carbons (Fsp3) is 0.286. The Hall–Kier alpha value is -3.03. The predicted octanol–water partition coefficient (Wildman–Crippen LogP) is 8.00. The number of rotatable bonds is 12. The molecule has 0 aliphatic carbocycles. The molecule has 1 fully saturated rings. The van der Waals surface area contributed by atoms with Crippen LogP contribution in [0.25, 0.3) is 0 Å². The first-order valence-electron chi connectivity index (χ1n) is 14.0. The van der Waals surface area contributed by atoms with Crippen LogP contribution in [0.15, 0.2) is 109 Å². The Morgan fingerprint density at radius 1 is 0.833 bits per heavy atom. The van der Waals surface area contributed by atoms with Crippen LogP contribution in [0, 0.1) is 0 Å². The number of carbonyl (C=O) groups excluding carboxylic acids is 1. The zero-order valence-corrected chi connectivity index (χ0v) is 25.2. The Morgan fingerprint density at radius 2 is 1.33 bits per heavy atom. The molecule has 218 valence electrons. The van der Waals surface area contributed by atoms with Crippen LogP contribution >= 0.6 is 23.2 Å². The van der Waals surface area contributed by atoms with Gasteiger partial charge in [-0.15, -0.1) is 0 Å². The maximum atomic E-state index is 13.8. The molecule has 0 bridgehead atoms. The van der Waals surface area contributed by atoms with Crippen LogP contribution in [0.4, 0.5) is 0 Å². The van der Waals surface area contributed by atoms with Gasteiger partial charge in [0.1, 0.15) is 17.8 Å². The zero-order chi connectivity index (χ0) is 29.6. The second kappa shape index (κ2) is 13.5. The second-order valence-electron chi connectivity index (χ2n) is 10.6. The van der Waals surface area contributed by atoms with E-state index in [0.717, 1.165) is 16.7 Å². The third-order valence-corrected chi connectivity index (χ3v) is 8.07. The minimum Gasteiger partial charge on any atom is -0.363 e. The van der Waals surface area contributed by atoms with Gasteiger partial charge in [0.25, 0.3) is 0 Å². The monoisotopic (exact) mass is 604 g/mol. The van der Waals surface area contributed by atoms with Gasteiger partial charge in [-0.05, 0) is 42.7 Å². The summed E-state index contributed by atoms with van der Waals surface area (Å²) in [6.07, 6.45) is -1.40.